The minimum absolute atomic E-state index is 0.0319. The van der Waals surface area contributed by atoms with Gasteiger partial charge in [0.1, 0.15) is 5.75 Å². The number of hydrogen-bond acceptors (Lipinski definition) is 7. The van der Waals surface area contributed by atoms with Crippen molar-refractivity contribution >= 4 is 46.5 Å². The molecule has 0 spiro atoms. The Morgan fingerprint density at radius 3 is 2.59 bits per heavy atom. The molecule has 0 saturated carbocycles. The maximum absolute atomic E-state index is 12.4. The number of benzene rings is 2. The van der Waals surface area contributed by atoms with Gasteiger partial charge in [0.15, 0.2) is 0 Å². The molecule has 0 saturated heterocycles. The molecule has 2 aromatic carbocycles. The molecule has 3 aromatic rings. The van der Waals surface area contributed by atoms with E-state index < -0.39 is 5.56 Å². The summed E-state index contributed by atoms with van der Waals surface area (Å²) in [6.45, 7) is 0. The molecule has 0 aliphatic heterocycles. The van der Waals surface area contributed by atoms with Gasteiger partial charge < -0.3 is 15.9 Å². The number of ether oxygens (including phenoxy) is 1. The molecule has 0 bridgehead atoms. The summed E-state index contributed by atoms with van der Waals surface area (Å²) in [7, 11) is 1.61. The molecule has 1 heterocycles. The Balaban J connectivity index is 1.75. The number of aromatic nitrogens is 3. The van der Waals surface area contributed by atoms with E-state index in [0.717, 1.165) is 16.0 Å². The first kappa shape index (κ1) is 19.3. The summed E-state index contributed by atoms with van der Waals surface area (Å²) in [6.07, 6.45) is 0. The number of nitrogen functional groups attached to an aromatic ring is 1. The van der Waals surface area contributed by atoms with Crippen LogP contribution >= 0.6 is 35.0 Å². The second-order valence-electron chi connectivity index (χ2n) is 5.39. The number of anilines is 2. The Labute approximate surface area is 169 Å². The smallest absolute Gasteiger partial charge is 0.315 e. The molecule has 3 rings (SSSR count). The van der Waals surface area contributed by atoms with Gasteiger partial charge >= 0.3 is 5.56 Å². The van der Waals surface area contributed by atoms with Crippen molar-refractivity contribution in [2.24, 2.45) is 0 Å². The Morgan fingerprint density at radius 1 is 1.19 bits per heavy atom. The molecular formula is C17H15Cl2N5O2S. The molecule has 0 fully saturated rings. The number of thioether (sulfide) groups is 1. The molecule has 7 nitrogen and oxygen atoms in total. The van der Waals surface area contributed by atoms with Crippen LogP contribution in [0.1, 0.15) is 5.56 Å². The molecule has 27 heavy (non-hydrogen) atoms. The van der Waals surface area contributed by atoms with Crippen LogP contribution in [0.2, 0.25) is 10.0 Å². The van der Waals surface area contributed by atoms with Gasteiger partial charge in [-0.15, -0.1) is 10.2 Å². The van der Waals surface area contributed by atoms with Crippen molar-refractivity contribution in [3.63, 3.8) is 0 Å². The molecule has 140 valence electrons. The van der Waals surface area contributed by atoms with Gasteiger partial charge in [-0.3, -0.25) is 4.79 Å². The van der Waals surface area contributed by atoms with Gasteiger partial charge in [0.2, 0.25) is 11.0 Å². The van der Waals surface area contributed by atoms with E-state index in [1.54, 1.807) is 25.3 Å². The van der Waals surface area contributed by atoms with Gasteiger partial charge in [0.25, 0.3) is 0 Å². The average Bonchev–Trinajstić information content (AvgIpc) is 2.67. The highest BCUT2D eigenvalue weighted by Gasteiger charge is 2.12. The lowest BCUT2D eigenvalue weighted by atomic mass is 10.2. The Hall–Kier alpha value is -2.42. The SMILES string of the molecule is COc1ccc(CSc2nnc(Nc3ccc(Cl)cc3Cl)c(=O)n2N)cc1. The molecule has 0 radical (unpaired) electrons. The number of nitrogens with zero attached hydrogens (tertiary/aromatic N) is 3. The number of hydrogen-bond donors (Lipinski definition) is 2. The predicted octanol–water partition coefficient (Wildman–Crippen LogP) is 3.70. The lowest BCUT2D eigenvalue weighted by molar-refractivity contribution is 0.414. The summed E-state index contributed by atoms with van der Waals surface area (Å²) >= 11 is 13.3. The van der Waals surface area contributed by atoms with Crippen LogP contribution in [0, 0.1) is 0 Å². The van der Waals surface area contributed by atoms with E-state index in [2.05, 4.69) is 15.5 Å². The fourth-order valence-electron chi connectivity index (χ4n) is 2.15. The summed E-state index contributed by atoms with van der Waals surface area (Å²) in [6, 6.07) is 12.4. The number of halogens is 2. The standard InChI is InChI=1S/C17H15Cl2N5O2S/c1-26-12-5-2-10(3-6-12)9-27-17-23-22-15(16(25)24(17)20)21-14-7-4-11(18)8-13(14)19/h2-8H,9,20H2,1H3,(H,21,22). The Kier molecular flexibility index (Phi) is 6.10. The zero-order valence-electron chi connectivity index (χ0n) is 14.1. The van der Waals surface area contributed by atoms with E-state index in [1.807, 2.05) is 24.3 Å². The maximum Gasteiger partial charge on any atom is 0.315 e. The third-order valence-electron chi connectivity index (χ3n) is 3.57. The van der Waals surface area contributed by atoms with Crippen molar-refractivity contribution in [2.75, 3.05) is 18.3 Å². The monoisotopic (exact) mass is 423 g/mol. The van der Waals surface area contributed by atoms with Gasteiger partial charge in [-0.1, -0.05) is 47.1 Å². The highest BCUT2D eigenvalue weighted by molar-refractivity contribution is 7.98. The van der Waals surface area contributed by atoms with Crippen molar-refractivity contribution in [1.82, 2.24) is 14.9 Å². The number of nitrogens with two attached hydrogens (primary N) is 1. The van der Waals surface area contributed by atoms with Crippen molar-refractivity contribution in [3.05, 3.63) is 68.4 Å². The van der Waals surface area contributed by atoms with Gasteiger partial charge in [0, 0.05) is 10.8 Å². The normalized spacial score (nSPS) is 10.6. The number of methoxy groups -OCH3 is 1. The van der Waals surface area contributed by atoms with Gasteiger partial charge in [-0.25, -0.2) is 0 Å². The minimum atomic E-state index is -0.520. The third-order valence-corrected chi connectivity index (χ3v) is 5.14. The lowest BCUT2D eigenvalue weighted by Crippen LogP contribution is -2.32. The molecule has 0 atom stereocenters. The van der Waals surface area contributed by atoms with E-state index in [9.17, 15) is 4.79 Å². The first-order valence-corrected chi connectivity index (χ1v) is 9.44. The van der Waals surface area contributed by atoms with E-state index in [1.165, 1.54) is 11.8 Å². The predicted molar refractivity (Wildman–Crippen MR) is 109 cm³/mol. The zero-order valence-corrected chi connectivity index (χ0v) is 16.5. The minimum Gasteiger partial charge on any atom is -0.497 e. The number of rotatable bonds is 6. The van der Waals surface area contributed by atoms with Crippen molar-refractivity contribution in [3.8, 4) is 5.75 Å². The summed E-state index contributed by atoms with van der Waals surface area (Å²) in [5, 5.41) is 11.9. The van der Waals surface area contributed by atoms with Gasteiger partial charge in [-0.2, -0.15) is 4.68 Å². The zero-order chi connectivity index (χ0) is 19.4. The van der Waals surface area contributed by atoms with Crippen molar-refractivity contribution in [2.45, 2.75) is 10.9 Å². The summed E-state index contributed by atoms with van der Waals surface area (Å²) < 4.78 is 6.08. The lowest BCUT2D eigenvalue weighted by Gasteiger charge is -2.10. The van der Waals surface area contributed by atoms with E-state index in [0.29, 0.717) is 26.6 Å². The van der Waals surface area contributed by atoms with Crippen molar-refractivity contribution < 1.29 is 4.74 Å². The second-order valence-corrected chi connectivity index (χ2v) is 7.18. The average molecular weight is 424 g/mol. The topological polar surface area (TPSA) is 95.1 Å². The van der Waals surface area contributed by atoms with Gasteiger partial charge in [0.05, 0.1) is 17.8 Å². The van der Waals surface area contributed by atoms with Crippen LogP contribution in [0.4, 0.5) is 11.5 Å². The molecule has 10 heteroatoms. The second kappa shape index (κ2) is 8.51. The Morgan fingerprint density at radius 2 is 1.93 bits per heavy atom. The summed E-state index contributed by atoms with van der Waals surface area (Å²) in [5.41, 5.74) is 0.990. The highest BCUT2D eigenvalue weighted by Crippen LogP contribution is 2.27. The summed E-state index contributed by atoms with van der Waals surface area (Å²) in [4.78, 5) is 12.4. The van der Waals surface area contributed by atoms with Crippen LogP contribution in [-0.4, -0.2) is 22.0 Å². The Bertz CT molecular complexity index is 1010. The highest BCUT2D eigenvalue weighted by atomic mass is 35.5. The maximum atomic E-state index is 12.4. The molecular weight excluding hydrogens is 409 g/mol. The van der Waals surface area contributed by atoms with Crippen LogP contribution in [0.25, 0.3) is 0 Å². The van der Waals surface area contributed by atoms with Crippen LogP contribution in [0.3, 0.4) is 0 Å². The van der Waals surface area contributed by atoms with Crippen LogP contribution < -0.4 is 21.5 Å². The van der Waals surface area contributed by atoms with E-state index in [-0.39, 0.29) is 5.82 Å². The third kappa shape index (κ3) is 4.65. The molecule has 0 amide bonds. The molecule has 1 aromatic heterocycles. The summed E-state index contributed by atoms with van der Waals surface area (Å²) in [5.74, 6) is 7.19. The molecule has 0 aliphatic rings. The van der Waals surface area contributed by atoms with Crippen LogP contribution in [-0.2, 0) is 5.75 Å². The van der Waals surface area contributed by atoms with Crippen LogP contribution in [0.5, 0.6) is 5.75 Å². The van der Waals surface area contributed by atoms with Crippen molar-refractivity contribution in [1.29, 1.82) is 0 Å². The van der Waals surface area contributed by atoms with E-state index >= 15 is 0 Å². The first-order chi connectivity index (χ1) is 13.0. The fourth-order valence-corrected chi connectivity index (χ4v) is 3.41. The van der Waals surface area contributed by atoms with E-state index in [4.69, 9.17) is 33.8 Å². The molecule has 3 N–H and O–H groups in total. The molecule has 0 aliphatic carbocycles. The van der Waals surface area contributed by atoms with Crippen LogP contribution in [0.15, 0.2) is 52.4 Å². The fraction of sp³-hybridized carbons (Fsp3) is 0.118. The first-order valence-electron chi connectivity index (χ1n) is 7.70. The van der Waals surface area contributed by atoms with Gasteiger partial charge in [-0.05, 0) is 35.9 Å². The number of nitrogens with one attached hydrogen (secondary N) is 1. The quantitative estimate of drug-likeness (QED) is 0.460. The molecule has 0 unspecified atom stereocenters. The largest absolute Gasteiger partial charge is 0.497 e.